The van der Waals surface area contributed by atoms with Gasteiger partial charge in [-0.05, 0) is 105 Å². The number of benzene rings is 10. The van der Waals surface area contributed by atoms with Crippen LogP contribution in [0.3, 0.4) is 0 Å². The van der Waals surface area contributed by atoms with E-state index >= 15 is 0 Å². The Morgan fingerprint density at radius 2 is 0.934 bits per heavy atom. The molecule has 0 N–H and O–H groups in total. The number of anilines is 3. The van der Waals surface area contributed by atoms with E-state index in [1.165, 1.54) is 53.2 Å². The van der Waals surface area contributed by atoms with Gasteiger partial charge in [0.2, 0.25) is 0 Å². The number of furan rings is 1. The molecule has 0 atom stereocenters. The molecule has 0 aliphatic rings. The molecule has 0 unspecified atom stereocenters. The zero-order valence-electron chi connectivity index (χ0n) is 33.1. The van der Waals surface area contributed by atoms with Crippen LogP contribution in [0.4, 0.5) is 17.1 Å². The van der Waals surface area contributed by atoms with E-state index in [4.69, 9.17) is 4.42 Å². The Kier molecular flexibility index (Phi) is 8.39. The minimum absolute atomic E-state index is 0.903. The molecule has 2 heterocycles. The molecule has 2 nitrogen and oxygen atoms in total. The molecule has 12 aromatic rings. The van der Waals surface area contributed by atoms with E-state index in [0.29, 0.717) is 0 Å². The van der Waals surface area contributed by atoms with Crippen LogP contribution in [0.1, 0.15) is 0 Å². The fourth-order valence-electron chi connectivity index (χ4n) is 9.05. The van der Waals surface area contributed by atoms with E-state index < -0.39 is 0 Å². The van der Waals surface area contributed by atoms with E-state index in [0.717, 1.165) is 61.3 Å². The molecule has 10 aromatic carbocycles. The summed E-state index contributed by atoms with van der Waals surface area (Å²) in [6.07, 6.45) is 0. The highest BCUT2D eigenvalue weighted by Gasteiger charge is 2.20. The van der Waals surface area contributed by atoms with Gasteiger partial charge in [-0.1, -0.05) is 164 Å². The molecule has 0 spiro atoms. The molecule has 0 saturated heterocycles. The van der Waals surface area contributed by atoms with E-state index in [9.17, 15) is 0 Å². The van der Waals surface area contributed by atoms with Gasteiger partial charge in [0.15, 0.2) is 0 Å². The standard InChI is InChI=1S/C58H37NOS/c1-3-13-38(14-4-1)41-19-11-20-47(33-41)59(46-29-25-40(26-30-46)48-22-12-23-51-49-21-9-10-24-55(49)60-58(48)51)54-32-28-44(34-52(54)39-15-5-2-6-16-39)45-27-31-50-53-35-42-17-7-8-18-43(42)36-57(53)61-56(50)37-45/h1-37H. The third kappa shape index (κ3) is 6.18. The van der Waals surface area contributed by atoms with E-state index in [1.54, 1.807) is 0 Å². The van der Waals surface area contributed by atoms with Crippen LogP contribution in [-0.2, 0) is 0 Å². The summed E-state index contributed by atoms with van der Waals surface area (Å²) in [5.74, 6) is 0. The fourth-order valence-corrected chi connectivity index (χ4v) is 10.2. The number of thiophene rings is 1. The Hall–Kier alpha value is -7.72. The number of hydrogen-bond acceptors (Lipinski definition) is 3. The lowest BCUT2D eigenvalue weighted by Crippen LogP contribution is -2.11. The van der Waals surface area contributed by atoms with Crippen molar-refractivity contribution in [3.8, 4) is 44.5 Å². The van der Waals surface area contributed by atoms with Crippen molar-refractivity contribution in [1.82, 2.24) is 0 Å². The predicted octanol–water partition coefficient (Wildman–Crippen LogP) is 17.2. The third-order valence-electron chi connectivity index (χ3n) is 12.0. The van der Waals surface area contributed by atoms with Crippen LogP contribution >= 0.6 is 11.3 Å². The summed E-state index contributed by atoms with van der Waals surface area (Å²) in [5.41, 5.74) is 14.3. The molecular formula is C58H37NOS. The maximum absolute atomic E-state index is 6.47. The molecule has 0 bridgehead atoms. The van der Waals surface area contributed by atoms with Crippen molar-refractivity contribution in [2.24, 2.45) is 0 Å². The monoisotopic (exact) mass is 795 g/mol. The summed E-state index contributed by atoms with van der Waals surface area (Å²) in [6, 6.07) is 81.2. The van der Waals surface area contributed by atoms with E-state index in [2.05, 4.69) is 217 Å². The van der Waals surface area contributed by atoms with Gasteiger partial charge in [-0.2, -0.15) is 0 Å². The van der Waals surface area contributed by atoms with Crippen molar-refractivity contribution in [2.45, 2.75) is 0 Å². The van der Waals surface area contributed by atoms with Gasteiger partial charge in [0.1, 0.15) is 11.2 Å². The molecule has 0 aliphatic heterocycles. The first-order chi connectivity index (χ1) is 30.2. The lowest BCUT2D eigenvalue weighted by atomic mass is 9.95. The molecule has 2 aromatic heterocycles. The lowest BCUT2D eigenvalue weighted by Gasteiger charge is -2.29. The summed E-state index contributed by atoms with van der Waals surface area (Å²) >= 11 is 1.87. The zero-order chi connectivity index (χ0) is 40.3. The minimum atomic E-state index is 0.903. The molecule has 12 rings (SSSR count). The Balaban J connectivity index is 1.01. The van der Waals surface area contributed by atoms with Crippen LogP contribution in [0.15, 0.2) is 229 Å². The quantitative estimate of drug-likeness (QED) is 0.160. The lowest BCUT2D eigenvalue weighted by molar-refractivity contribution is 0.670. The van der Waals surface area contributed by atoms with Crippen molar-refractivity contribution < 1.29 is 4.42 Å². The second-order valence-corrected chi connectivity index (χ2v) is 16.8. The Morgan fingerprint density at radius 3 is 1.77 bits per heavy atom. The fraction of sp³-hybridized carbons (Fsp3) is 0. The molecule has 3 heteroatoms. The molecule has 0 radical (unpaired) electrons. The van der Waals surface area contributed by atoms with Crippen LogP contribution in [0.25, 0.3) is 97.4 Å². The molecule has 0 aliphatic carbocycles. The normalized spacial score (nSPS) is 11.6. The first kappa shape index (κ1) is 35.2. The Labute approximate surface area is 357 Å². The second kappa shape index (κ2) is 14.5. The second-order valence-electron chi connectivity index (χ2n) is 15.7. The number of rotatable bonds is 7. The van der Waals surface area contributed by atoms with Crippen LogP contribution in [0.2, 0.25) is 0 Å². The smallest absolute Gasteiger partial charge is 0.143 e. The summed E-state index contributed by atoms with van der Waals surface area (Å²) < 4.78 is 9.08. The van der Waals surface area contributed by atoms with Gasteiger partial charge in [-0.3, -0.25) is 0 Å². The average molecular weight is 796 g/mol. The van der Waals surface area contributed by atoms with Crippen LogP contribution in [0, 0.1) is 0 Å². The number of fused-ring (bicyclic) bond motifs is 7. The number of para-hydroxylation sites is 2. The maximum atomic E-state index is 6.47. The SMILES string of the molecule is c1ccc(-c2cccc(N(c3ccc(-c4cccc5c4oc4ccccc45)cc3)c3ccc(-c4ccc5c(c4)sc4cc6ccccc6cc45)cc3-c3ccccc3)c2)cc1. The summed E-state index contributed by atoms with van der Waals surface area (Å²) in [7, 11) is 0. The van der Waals surface area contributed by atoms with Crippen molar-refractivity contribution in [3.05, 3.63) is 224 Å². The Bertz CT molecular complexity index is 3580. The first-order valence-corrected chi connectivity index (χ1v) is 21.5. The predicted molar refractivity (Wildman–Crippen MR) is 261 cm³/mol. The highest BCUT2D eigenvalue weighted by Crippen LogP contribution is 2.46. The van der Waals surface area contributed by atoms with Crippen molar-refractivity contribution in [1.29, 1.82) is 0 Å². The van der Waals surface area contributed by atoms with Crippen LogP contribution in [-0.4, -0.2) is 0 Å². The molecule has 0 fully saturated rings. The number of hydrogen-bond donors (Lipinski definition) is 0. The van der Waals surface area contributed by atoms with E-state index in [1.807, 2.05) is 23.5 Å². The first-order valence-electron chi connectivity index (χ1n) is 20.7. The topological polar surface area (TPSA) is 16.4 Å². The average Bonchev–Trinajstić information content (AvgIpc) is 3.89. The van der Waals surface area contributed by atoms with Crippen molar-refractivity contribution in [2.75, 3.05) is 4.90 Å². The van der Waals surface area contributed by atoms with Gasteiger partial charge >= 0.3 is 0 Å². The van der Waals surface area contributed by atoms with Crippen LogP contribution < -0.4 is 4.90 Å². The molecule has 61 heavy (non-hydrogen) atoms. The van der Waals surface area contributed by atoms with Gasteiger partial charge in [-0.25, -0.2) is 0 Å². The highest BCUT2D eigenvalue weighted by molar-refractivity contribution is 7.25. The number of nitrogens with zero attached hydrogens (tertiary/aromatic N) is 1. The van der Waals surface area contributed by atoms with Crippen LogP contribution in [0.5, 0.6) is 0 Å². The van der Waals surface area contributed by atoms with Gasteiger partial charge in [0.25, 0.3) is 0 Å². The maximum Gasteiger partial charge on any atom is 0.143 e. The third-order valence-corrected chi connectivity index (χ3v) is 13.2. The van der Waals surface area contributed by atoms with Gasteiger partial charge in [0.05, 0.1) is 5.69 Å². The highest BCUT2D eigenvalue weighted by atomic mass is 32.1. The molecule has 0 saturated carbocycles. The molecule has 286 valence electrons. The molecular weight excluding hydrogens is 759 g/mol. The summed E-state index contributed by atoms with van der Waals surface area (Å²) in [4.78, 5) is 2.41. The Morgan fingerprint density at radius 1 is 0.328 bits per heavy atom. The molecule has 0 amide bonds. The van der Waals surface area contributed by atoms with Crippen molar-refractivity contribution >= 4 is 81.3 Å². The van der Waals surface area contributed by atoms with Gasteiger partial charge in [-0.15, -0.1) is 11.3 Å². The zero-order valence-corrected chi connectivity index (χ0v) is 33.9. The van der Waals surface area contributed by atoms with Crippen molar-refractivity contribution in [3.63, 3.8) is 0 Å². The summed E-state index contributed by atoms with van der Waals surface area (Å²) in [5, 5.41) is 7.44. The van der Waals surface area contributed by atoms with Gasteiger partial charge in [0, 0.05) is 53.4 Å². The van der Waals surface area contributed by atoms with E-state index in [-0.39, 0.29) is 0 Å². The summed E-state index contributed by atoms with van der Waals surface area (Å²) in [6.45, 7) is 0. The van der Waals surface area contributed by atoms with Gasteiger partial charge < -0.3 is 9.32 Å². The largest absolute Gasteiger partial charge is 0.455 e. The minimum Gasteiger partial charge on any atom is -0.455 e.